The number of sulfonamides is 1. The van der Waals surface area contributed by atoms with Gasteiger partial charge in [0.2, 0.25) is 15.9 Å². The second-order valence-corrected chi connectivity index (χ2v) is 12.2. The lowest BCUT2D eigenvalue weighted by atomic mass is 9.97. The molecule has 3 aliphatic rings. The zero-order valence-electron chi connectivity index (χ0n) is 21.0. The second-order valence-electron chi connectivity index (χ2n) is 9.90. The summed E-state index contributed by atoms with van der Waals surface area (Å²) < 4.78 is 34.1. The molecule has 2 saturated heterocycles. The van der Waals surface area contributed by atoms with Crippen LogP contribution >= 0.6 is 11.6 Å². The van der Waals surface area contributed by atoms with Gasteiger partial charge < -0.3 is 19.9 Å². The highest BCUT2D eigenvalue weighted by molar-refractivity contribution is 7.89. The van der Waals surface area contributed by atoms with Crippen molar-refractivity contribution in [1.82, 2.24) is 9.21 Å². The van der Waals surface area contributed by atoms with Crippen LogP contribution in [0.4, 0.5) is 11.4 Å². The average molecular weight is 547 g/mol. The molecular formula is C26H31ClN4O5S. The van der Waals surface area contributed by atoms with Gasteiger partial charge in [-0.05, 0) is 56.0 Å². The van der Waals surface area contributed by atoms with E-state index in [2.05, 4.69) is 10.2 Å². The molecule has 9 nitrogen and oxygen atoms in total. The van der Waals surface area contributed by atoms with Crippen LogP contribution in [0.5, 0.6) is 5.75 Å². The number of carbonyl (C=O) groups excluding carboxylic acids is 2. The summed E-state index contributed by atoms with van der Waals surface area (Å²) >= 11 is 6.19. The lowest BCUT2D eigenvalue weighted by Gasteiger charge is -2.40. The van der Waals surface area contributed by atoms with Crippen LogP contribution in [0, 0.1) is 19.8 Å². The minimum absolute atomic E-state index is 0.00979. The Hall–Kier alpha value is -2.82. The van der Waals surface area contributed by atoms with Crippen molar-refractivity contribution in [2.75, 3.05) is 56.1 Å². The predicted molar refractivity (Wildman–Crippen MR) is 142 cm³/mol. The summed E-state index contributed by atoms with van der Waals surface area (Å²) in [7, 11) is -3.84. The summed E-state index contributed by atoms with van der Waals surface area (Å²) in [6.45, 7) is 6.68. The third-order valence-electron chi connectivity index (χ3n) is 7.36. The molecule has 0 aliphatic carbocycles. The third-order valence-corrected chi connectivity index (χ3v) is 9.61. The van der Waals surface area contributed by atoms with Gasteiger partial charge in [0.1, 0.15) is 5.75 Å². The fraction of sp³-hybridized carbons (Fsp3) is 0.462. The monoisotopic (exact) mass is 546 g/mol. The molecule has 0 radical (unpaired) electrons. The molecule has 1 N–H and O–H groups in total. The highest BCUT2D eigenvalue weighted by Gasteiger charge is 2.37. The smallest absolute Gasteiger partial charge is 0.262 e. The molecular weight excluding hydrogens is 516 g/mol. The number of ether oxygens (including phenoxy) is 1. The van der Waals surface area contributed by atoms with Crippen LogP contribution in [0.25, 0.3) is 0 Å². The van der Waals surface area contributed by atoms with E-state index >= 15 is 0 Å². The minimum Gasteiger partial charge on any atom is -0.482 e. The minimum atomic E-state index is -3.84. The quantitative estimate of drug-likeness (QED) is 0.633. The molecule has 2 fully saturated rings. The number of nitrogens with one attached hydrogen (secondary N) is 1. The molecule has 2 amide bonds. The highest BCUT2D eigenvalue weighted by atomic mass is 35.5. The fourth-order valence-electron chi connectivity index (χ4n) is 5.34. The van der Waals surface area contributed by atoms with Crippen molar-refractivity contribution in [2.24, 2.45) is 5.92 Å². The normalized spacial score (nSPS) is 20.7. The van der Waals surface area contributed by atoms with E-state index in [1.54, 1.807) is 13.0 Å². The van der Waals surface area contributed by atoms with E-state index in [-0.39, 0.29) is 35.8 Å². The Balaban J connectivity index is 1.26. The van der Waals surface area contributed by atoms with Gasteiger partial charge in [-0.2, -0.15) is 4.31 Å². The Morgan fingerprint density at radius 3 is 2.57 bits per heavy atom. The summed E-state index contributed by atoms with van der Waals surface area (Å²) in [6.07, 6.45) is 1.28. The van der Waals surface area contributed by atoms with E-state index in [0.717, 1.165) is 11.3 Å². The Labute approximate surface area is 222 Å². The molecule has 11 heteroatoms. The Bertz CT molecular complexity index is 1340. The molecule has 0 saturated carbocycles. The van der Waals surface area contributed by atoms with Gasteiger partial charge in [0.15, 0.2) is 6.61 Å². The molecule has 1 unspecified atom stereocenters. The number of carbonyl (C=O) groups is 2. The van der Waals surface area contributed by atoms with Gasteiger partial charge in [0.25, 0.3) is 5.91 Å². The number of hydrogen-bond donors (Lipinski definition) is 1. The van der Waals surface area contributed by atoms with E-state index in [1.165, 1.54) is 10.4 Å². The van der Waals surface area contributed by atoms with Gasteiger partial charge >= 0.3 is 0 Å². The Kier molecular flexibility index (Phi) is 7.08. The lowest BCUT2D eigenvalue weighted by molar-refractivity contribution is -0.137. The number of amides is 2. The molecule has 5 rings (SSSR count). The van der Waals surface area contributed by atoms with Crippen LogP contribution in [-0.4, -0.2) is 75.3 Å². The van der Waals surface area contributed by atoms with Crippen molar-refractivity contribution in [2.45, 2.75) is 31.6 Å². The molecule has 3 heterocycles. The molecule has 2 aromatic rings. The fourth-order valence-corrected chi connectivity index (χ4v) is 7.26. The van der Waals surface area contributed by atoms with E-state index in [1.807, 2.05) is 30.0 Å². The Morgan fingerprint density at radius 1 is 1.05 bits per heavy atom. The van der Waals surface area contributed by atoms with Crippen LogP contribution in [0.1, 0.15) is 24.0 Å². The second kappa shape index (κ2) is 10.2. The van der Waals surface area contributed by atoms with E-state index in [4.69, 9.17) is 16.3 Å². The lowest BCUT2D eigenvalue weighted by Crippen LogP contribution is -2.53. The van der Waals surface area contributed by atoms with Crippen LogP contribution < -0.4 is 15.0 Å². The number of rotatable bonds is 4. The van der Waals surface area contributed by atoms with Gasteiger partial charge in [-0.25, -0.2) is 8.42 Å². The molecule has 3 aliphatic heterocycles. The number of piperazine rings is 1. The average Bonchev–Trinajstić information content (AvgIpc) is 2.89. The van der Waals surface area contributed by atoms with Crippen molar-refractivity contribution in [3.05, 3.63) is 46.5 Å². The molecule has 1 atom stereocenters. The zero-order chi connectivity index (χ0) is 26.3. The molecule has 37 heavy (non-hydrogen) atoms. The van der Waals surface area contributed by atoms with Crippen molar-refractivity contribution < 1.29 is 22.7 Å². The highest BCUT2D eigenvalue weighted by Crippen LogP contribution is 2.35. The summed E-state index contributed by atoms with van der Waals surface area (Å²) in [6, 6.07) is 8.92. The standard InChI is InChI=1S/C26H31ClN4O5S/c1-17-5-6-20(27)13-22(17)29-8-10-30(11-9-29)26(33)19-4-3-7-31(15-19)37(34,35)24-14-23-21(12-18(24)2)28-25(32)16-36-23/h5-6,12-14,19H,3-4,7-11,15-16H2,1-2H3,(H,28,32). The summed E-state index contributed by atoms with van der Waals surface area (Å²) in [5.41, 5.74) is 3.21. The predicted octanol–water partition coefficient (Wildman–Crippen LogP) is 3.04. The van der Waals surface area contributed by atoms with Gasteiger partial charge in [0.05, 0.1) is 16.5 Å². The molecule has 0 spiro atoms. The van der Waals surface area contributed by atoms with E-state index in [0.29, 0.717) is 67.6 Å². The first-order chi connectivity index (χ1) is 17.6. The van der Waals surface area contributed by atoms with Crippen molar-refractivity contribution in [3.8, 4) is 5.75 Å². The van der Waals surface area contributed by atoms with Crippen molar-refractivity contribution in [1.29, 1.82) is 0 Å². The molecule has 198 valence electrons. The van der Waals surface area contributed by atoms with Crippen molar-refractivity contribution >= 4 is 44.8 Å². The van der Waals surface area contributed by atoms with Crippen molar-refractivity contribution in [3.63, 3.8) is 0 Å². The van der Waals surface area contributed by atoms with Crippen LogP contribution in [-0.2, 0) is 19.6 Å². The maximum absolute atomic E-state index is 13.6. The number of halogens is 1. The van der Waals surface area contributed by atoms with Gasteiger partial charge in [-0.3, -0.25) is 9.59 Å². The summed E-state index contributed by atoms with van der Waals surface area (Å²) in [5, 5.41) is 3.39. The molecule has 0 bridgehead atoms. The first kappa shape index (κ1) is 25.8. The number of fused-ring (bicyclic) bond motifs is 1. The summed E-state index contributed by atoms with van der Waals surface area (Å²) in [4.78, 5) is 29.3. The van der Waals surface area contributed by atoms with Gasteiger partial charge in [-0.1, -0.05) is 17.7 Å². The maximum Gasteiger partial charge on any atom is 0.262 e. The zero-order valence-corrected chi connectivity index (χ0v) is 22.6. The SMILES string of the molecule is Cc1ccc(Cl)cc1N1CCN(C(=O)C2CCCN(S(=O)(=O)c3cc4c(cc3C)NC(=O)CO4)C2)CC1. The summed E-state index contributed by atoms with van der Waals surface area (Å²) in [5.74, 6) is -0.309. The number of hydrogen-bond acceptors (Lipinski definition) is 6. The van der Waals surface area contributed by atoms with E-state index < -0.39 is 10.0 Å². The Morgan fingerprint density at radius 2 is 1.81 bits per heavy atom. The maximum atomic E-state index is 13.6. The van der Waals surface area contributed by atoms with Gasteiger partial charge in [0, 0.05) is 56.0 Å². The van der Waals surface area contributed by atoms with Crippen LogP contribution in [0.2, 0.25) is 5.02 Å². The van der Waals surface area contributed by atoms with E-state index in [9.17, 15) is 18.0 Å². The molecule has 0 aromatic heterocycles. The van der Waals surface area contributed by atoms with Gasteiger partial charge in [-0.15, -0.1) is 0 Å². The first-order valence-corrected chi connectivity index (χ1v) is 14.3. The third kappa shape index (κ3) is 5.15. The number of piperidine rings is 1. The number of nitrogens with zero attached hydrogens (tertiary/aromatic N) is 3. The largest absolute Gasteiger partial charge is 0.482 e. The number of benzene rings is 2. The first-order valence-electron chi connectivity index (χ1n) is 12.5. The van der Waals surface area contributed by atoms with Crippen LogP contribution in [0.15, 0.2) is 35.2 Å². The van der Waals surface area contributed by atoms with Crippen LogP contribution in [0.3, 0.4) is 0 Å². The molecule has 2 aromatic carbocycles. The topological polar surface area (TPSA) is 99.3 Å². The number of aryl methyl sites for hydroxylation is 2. The number of anilines is 2.